The zero-order valence-corrected chi connectivity index (χ0v) is 11.0. The minimum atomic E-state index is 0.188. The summed E-state index contributed by atoms with van der Waals surface area (Å²) in [5.41, 5.74) is 11.0. The van der Waals surface area contributed by atoms with Crippen LogP contribution >= 0.6 is 11.3 Å². The van der Waals surface area contributed by atoms with Gasteiger partial charge in [-0.1, -0.05) is 0 Å². The molecule has 0 amide bonds. The fourth-order valence-electron chi connectivity index (χ4n) is 1.50. The highest BCUT2D eigenvalue weighted by atomic mass is 32.1. The van der Waals surface area contributed by atoms with E-state index in [9.17, 15) is 0 Å². The fraction of sp³-hybridized carbons (Fsp3) is 0.300. The summed E-state index contributed by atoms with van der Waals surface area (Å²) in [4.78, 5) is 15.5. The third-order valence-electron chi connectivity index (χ3n) is 2.49. The minimum Gasteiger partial charge on any atom is -0.368 e. The molecule has 7 nitrogen and oxygen atoms in total. The number of aromatic nitrogens is 3. The van der Waals surface area contributed by atoms with Crippen LogP contribution in [-0.4, -0.2) is 22.0 Å². The Morgan fingerprint density at radius 3 is 2.83 bits per heavy atom. The zero-order chi connectivity index (χ0) is 13.1. The second-order valence-corrected chi connectivity index (χ2v) is 4.77. The van der Waals surface area contributed by atoms with E-state index in [4.69, 9.17) is 11.6 Å². The number of nitrogen functional groups attached to an aromatic ring is 2. The van der Waals surface area contributed by atoms with Crippen molar-refractivity contribution in [1.82, 2.24) is 15.0 Å². The molecule has 96 valence electrons. The summed E-state index contributed by atoms with van der Waals surface area (Å²) < 4.78 is 0. The van der Waals surface area contributed by atoms with Gasteiger partial charge in [0.15, 0.2) is 0 Å². The number of anilines is 3. The molecule has 18 heavy (non-hydrogen) atoms. The number of aryl methyl sites for hydroxylation is 1. The lowest BCUT2D eigenvalue weighted by atomic mass is 10.3. The first-order valence-corrected chi connectivity index (χ1v) is 6.19. The van der Waals surface area contributed by atoms with Gasteiger partial charge in [-0.2, -0.15) is 9.97 Å². The normalized spacial score (nSPS) is 10.4. The molecule has 0 aliphatic heterocycles. The average molecular weight is 265 g/mol. The van der Waals surface area contributed by atoms with Crippen LogP contribution in [0.2, 0.25) is 0 Å². The lowest BCUT2D eigenvalue weighted by Crippen LogP contribution is -2.19. The summed E-state index contributed by atoms with van der Waals surface area (Å²) in [6.45, 7) is 2.71. The molecule has 0 saturated carbocycles. The maximum Gasteiger partial charge on any atom is 0.223 e. The first kappa shape index (κ1) is 12.5. The summed E-state index contributed by atoms with van der Waals surface area (Å²) in [5, 5.41) is 0. The van der Waals surface area contributed by atoms with Crippen molar-refractivity contribution in [2.75, 3.05) is 23.1 Å². The molecule has 0 atom stereocenters. The molecule has 2 heterocycles. The Kier molecular flexibility index (Phi) is 3.58. The van der Waals surface area contributed by atoms with Crippen LogP contribution in [0.4, 0.5) is 17.6 Å². The largest absolute Gasteiger partial charge is 0.368 e. The van der Waals surface area contributed by atoms with E-state index >= 15 is 0 Å². The lowest BCUT2D eigenvalue weighted by Gasteiger charge is -2.18. The number of hydrogen-bond donors (Lipinski definition) is 3. The van der Waals surface area contributed by atoms with Gasteiger partial charge in [0, 0.05) is 18.0 Å². The lowest BCUT2D eigenvalue weighted by molar-refractivity contribution is 0.897. The quantitative estimate of drug-likeness (QED) is 0.553. The van der Waals surface area contributed by atoms with E-state index < -0.39 is 0 Å². The summed E-state index contributed by atoms with van der Waals surface area (Å²) in [6, 6.07) is 1.74. The van der Waals surface area contributed by atoms with Gasteiger partial charge < -0.3 is 16.1 Å². The van der Waals surface area contributed by atoms with Gasteiger partial charge in [0.2, 0.25) is 5.95 Å². The SMILES string of the molecule is Cc1ncsc1CN(C)c1cc(NN)nc(N)n1. The maximum absolute atomic E-state index is 5.62. The zero-order valence-electron chi connectivity index (χ0n) is 10.2. The molecule has 0 aliphatic carbocycles. The van der Waals surface area contributed by atoms with Gasteiger partial charge in [-0.25, -0.2) is 10.8 Å². The van der Waals surface area contributed by atoms with Crippen molar-refractivity contribution >= 4 is 28.9 Å². The van der Waals surface area contributed by atoms with Gasteiger partial charge in [-0.05, 0) is 6.92 Å². The Balaban J connectivity index is 2.20. The van der Waals surface area contributed by atoms with Crippen LogP contribution < -0.4 is 21.9 Å². The topological polar surface area (TPSA) is 106 Å². The molecule has 0 aromatic carbocycles. The fourth-order valence-corrected chi connectivity index (χ4v) is 2.33. The predicted octanol–water partition coefficient (Wildman–Crippen LogP) is 0.746. The summed E-state index contributed by atoms with van der Waals surface area (Å²) >= 11 is 1.62. The highest BCUT2D eigenvalue weighted by Gasteiger charge is 2.10. The highest BCUT2D eigenvalue weighted by molar-refractivity contribution is 7.09. The Morgan fingerprint density at radius 2 is 2.22 bits per heavy atom. The summed E-state index contributed by atoms with van der Waals surface area (Å²) in [6.07, 6.45) is 0. The first-order chi connectivity index (χ1) is 8.60. The van der Waals surface area contributed by atoms with E-state index in [0.717, 1.165) is 12.2 Å². The second-order valence-electron chi connectivity index (χ2n) is 3.83. The Labute approximate surface area is 109 Å². The molecule has 0 unspecified atom stereocenters. The van der Waals surface area contributed by atoms with Crippen LogP contribution in [0.15, 0.2) is 11.6 Å². The smallest absolute Gasteiger partial charge is 0.223 e. The van der Waals surface area contributed by atoms with Crippen LogP contribution in [0.5, 0.6) is 0 Å². The molecule has 0 radical (unpaired) electrons. The van der Waals surface area contributed by atoms with Crippen LogP contribution in [0.25, 0.3) is 0 Å². The van der Waals surface area contributed by atoms with Crippen molar-refractivity contribution < 1.29 is 0 Å². The predicted molar refractivity (Wildman–Crippen MR) is 73.2 cm³/mol. The molecule has 8 heteroatoms. The van der Waals surface area contributed by atoms with Crippen LogP contribution in [-0.2, 0) is 6.54 Å². The van der Waals surface area contributed by atoms with Crippen molar-refractivity contribution in [2.24, 2.45) is 5.84 Å². The van der Waals surface area contributed by atoms with E-state index in [0.29, 0.717) is 11.6 Å². The molecule has 2 rings (SSSR count). The maximum atomic E-state index is 5.62. The van der Waals surface area contributed by atoms with Crippen LogP contribution in [0.1, 0.15) is 10.6 Å². The van der Waals surface area contributed by atoms with E-state index in [1.807, 2.05) is 24.4 Å². The highest BCUT2D eigenvalue weighted by Crippen LogP contribution is 2.20. The van der Waals surface area contributed by atoms with Crippen LogP contribution in [0, 0.1) is 6.92 Å². The van der Waals surface area contributed by atoms with Gasteiger partial charge in [0.1, 0.15) is 11.6 Å². The number of hydrogen-bond acceptors (Lipinski definition) is 8. The van der Waals surface area contributed by atoms with E-state index in [-0.39, 0.29) is 5.95 Å². The Morgan fingerprint density at radius 1 is 1.44 bits per heavy atom. The third-order valence-corrected chi connectivity index (χ3v) is 3.41. The molecule has 5 N–H and O–H groups in total. The molecule has 0 spiro atoms. The van der Waals surface area contributed by atoms with Gasteiger partial charge in [-0.15, -0.1) is 11.3 Å². The number of nitrogens with two attached hydrogens (primary N) is 2. The summed E-state index contributed by atoms with van der Waals surface area (Å²) in [7, 11) is 1.93. The molecular formula is C10H15N7S. The van der Waals surface area contributed by atoms with Gasteiger partial charge in [-0.3, -0.25) is 0 Å². The van der Waals surface area contributed by atoms with Crippen molar-refractivity contribution in [3.05, 3.63) is 22.1 Å². The molecule has 0 fully saturated rings. The number of nitrogens with one attached hydrogen (secondary N) is 1. The average Bonchev–Trinajstić information content (AvgIpc) is 2.74. The van der Waals surface area contributed by atoms with Gasteiger partial charge >= 0.3 is 0 Å². The molecule has 0 saturated heterocycles. The van der Waals surface area contributed by atoms with Crippen molar-refractivity contribution in [1.29, 1.82) is 0 Å². The first-order valence-electron chi connectivity index (χ1n) is 5.31. The number of nitrogens with zero attached hydrogens (tertiary/aromatic N) is 4. The van der Waals surface area contributed by atoms with Gasteiger partial charge in [0.25, 0.3) is 0 Å². The standard InChI is InChI=1S/C10H15N7S/c1-6-7(18-5-13-6)4-17(2)9-3-8(16-12)14-10(11)15-9/h3,5H,4,12H2,1-2H3,(H3,11,14,15,16). The van der Waals surface area contributed by atoms with E-state index in [2.05, 4.69) is 20.4 Å². The third kappa shape index (κ3) is 2.66. The van der Waals surface area contributed by atoms with Crippen molar-refractivity contribution in [3.63, 3.8) is 0 Å². The molecule has 0 aliphatic rings. The van der Waals surface area contributed by atoms with Gasteiger partial charge in [0.05, 0.1) is 17.7 Å². The van der Waals surface area contributed by atoms with E-state index in [1.165, 1.54) is 4.88 Å². The number of thiazole rings is 1. The minimum absolute atomic E-state index is 0.188. The van der Waals surface area contributed by atoms with Crippen molar-refractivity contribution in [3.8, 4) is 0 Å². The Bertz CT molecular complexity index is 539. The Hall–Kier alpha value is -1.93. The second kappa shape index (κ2) is 5.15. The molecule has 2 aromatic heterocycles. The monoisotopic (exact) mass is 265 g/mol. The molecular weight excluding hydrogens is 250 g/mol. The summed E-state index contributed by atoms with van der Waals surface area (Å²) in [5.74, 6) is 6.72. The van der Waals surface area contributed by atoms with Crippen molar-refractivity contribution in [2.45, 2.75) is 13.5 Å². The van der Waals surface area contributed by atoms with Crippen LogP contribution in [0.3, 0.4) is 0 Å². The molecule has 2 aromatic rings. The number of hydrazine groups is 1. The number of rotatable bonds is 4. The van der Waals surface area contributed by atoms with E-state index in [1.54, 1.807) is 17.4 Å². The molecule has 0 bridgehead atoms.